The van der Waals surface area contributed by atoms with Gasteiger partial charge in [-0.15, -0.1) is 0 Å². The van der Waals surface area contributed by atoms with Gasteiger partial charge in [0, 0.05) is 0 Å². The van der Waals surface area contributed by atoms with Crippen LogP contribution in [0.4, 0.5) is 13.2 Å². The van der Waals surface area contributed by atoms with E-state index in [0.717, 1.165) is 6.92 Å². The van der Waals surface area contributed by atoms with E-state index >= 15 is 0 Å². The second-order valence-corrected chi connectivity index (χ2v) is 7.80. The van der Waals surface area contributed by atoms with E-state index < -0.39 is 11.8 Å². The molecule has 0 spiro atoms. The van der Waals surface area contributed by atoms with Crippen LogP contribution < -0.4 is 0 Å². The Labute approximate surface area is 109 Å². The van der Waals surface area contributed by atoms with Gasteiger partial charge in [-0.3, -0.25) is 0 Å². The Kier molecular flexibility index (Phi) is 4.96. The molecule has 0 aliphatic heterocycles. The number of alkyl halides is 3. The van der Waals surface area contributed by atoms with E-state index in [1.807, 2.05) is 41.5 Å². The smallest absolute Gasteiger partial charge is 0.381 e. The molecule has 0 heterocycles. The minimum absolute atomic E-state index is 0.0559. The van der Waals surface area contributed by atoms with Gasteiger partial charge in [-0.25, -0.2) is 0 Å². The van der Waals surface area contributed by atoms with Crippen LogP contribution in [0.1, 0.15) is 61.3 Å². The highest BCUT2D eigenvalue weighted by atomic mass is 19.4. The second kappa shape index (κ2) is 5.03. The van der Waals surface area contributed by atoms with Crippen LogP contribution in [-0.2, 0) is 0 Å². The fraction of sp³-hybridized carbons (Fsp3) is 1.00. The van der Waals surface area contributed by atoms with Gasteiger partial charge < -0.3 is 5.11 Å². The zero-order chi connectivity index (χ0) is 15.0. The zero-order valence-corrected chi connectivity index (χ0v) is 12.6. The van der Waals surface area contributed by atoms with Gasteiger partial charge in [0.15, 0.2) is 5.60 Å². The van der Waals surface area contributed by atoms with Crippen LogP contribution in [0.2, 0.25) is 0 Å². The summed E-state index contributed by atoms with van der Waals surface area (Å²) in [5, 5.41) is 9.66. The van der Waals surface area contributed by atoms with Gasteiger partial charge >= 0.3 is 6.18 Å². The standard InChI is InChI=1S/C14H27F3O/c1-11(2,3)8-10(12(4,5)6)9-13(7,18)14(15,16)17/h10,18H,8-9H2,1-7H3. The molecule has 0 aromatic rings. The lowest BCUT2D eigenvalue weighted by Crippen LogP contribution is -2.46. The van der Waals surface area contributed by atoms with Crippen molar-refractivity contribution in [2.75, 3.05) is 0 Å². The van der Waals surface area contributed by atoms with Gasteiger partial charge in [-0.2, -0.15) is 13.2 Å². The quantitative estimate of drug-likeness (QED) is 0.780. The van der Waals surface area contributed by atoms with E-state index in [4.69, 9.17) is 0 Å². The molecule has 0 aliphatic rings. The molecule has 1 N–H and O–H groups in total. The maximum atomic E-state index is 12.8. The van der Waals surface area contributed by atoms with Crippen molar-refractivity contribution in [2.24, 2.45) is 16.7 Å². The largest absolute Gasteiger partial charge is 0.416 e. The van der Waals surface area contributed by atoms with Crippen molar-refractivity contribution in [3.63, 3.8) is 0 Å². The first-order valence-corrected chi connectivity index (χ1v) is 6.35. The van der Waals surface area contributed by atoms with Crippen LogP contribution in [0.15, 0.2) is 0 Å². The van der Waals surface area contributed by atoms with Crippen molar-refractivity contribution >= 4 is 0 Å². The highest BCUT2D eigenvalue weighted by Crippen LogP contribution is 2.44. The summed E-state index contributed by atoms with van der Waals surface area (Å²) in [5.74, 6) is -0.186. The van der Waals surface area contributed by atoms with Gasteiger partial charge in [0.05, 0.1) is 0 Å². The van der Waals surface area contributed by atoms with Crippen LogP contribution in [0, 0.1) is 16.7 Å². The highest BCUT2D eigenvalue weighted by molar-refractivity contribution is 4.89. The van der Waals surface area contributed by atoms with Crippen molar-refractivity contribution in [1.29, 1.82) is 0 Å². The summed E-state index contributed by atoms with van der Waals surface area (Å²) in [7, 11) is 0. The summed E-state index contributed by atoms with van der Waals surface area (Å²) >= 11 is 0. The topological polar surface area (TPSA) is 20.2 Å². The maximum absolute atomic E-state index is 12.8. The van der Waals surface area contributed by atoms with Gasteiger partial charge in [0.1, 0.15) is 0 Å². The lowest BCUT2D eigenvalue weighted by atomic mass is 9.68. The average molecular weight is 268 g/mol. The summed E-state index contributed by atoms with van der Waals surface area (Å²) in [6.45, 7) is 12.7. The third-order valence-corrected chi connectivity index (χ3v) is 3.34. The Morgan fingerprint density at radius 1 is 0.833 bits per heavy atom. The Bertz CT molecular complexity index is 266. The molecule has 0 radical (unpaired) electrons. The molecule has 2 atom stereocenters. The van der Waals surface area contributed by atoms with E-state index in [2.05, 4.69) is 0 Å². The van der Waals surface area contributed by atoms with Crippen molar-refractivity contribution in [2.45, 2.75) is 73.1 Å². The number of hydrogen-bond acceptors (Lipinski definition) is 1. The Morgan fingerprint density at radius 3 is 1.44 bits per heavy atom. The first-order chi connectivity index (χ1) is 7.56. The fourth-order valence-corrected chi connectivity index (χ4v) is 2.02. The SMILES string of the molecule is CC(C)(C)CC(CC(C)(O)C(F)(F)F)C(C)(C)C. The van der Waals surface area contributed by atoms with Crippen LogP contribution in [0.25, 0.3) is 0 Å². The lowest BCUT2D eigenvalue weighted by Gasteiger charge is -2.40. The third-order valence-electron chi connectivity index (χ3n) is 3.34. The van der Waals surface area contributed by atoms with Crippen LogP contribution in [0.3, 0.4) is 0 Å². The predicted molar refractivity (Wildman–Crippen MR) is 68.3 cm³/mol. The van der Waals surface area contributed by atoms with Crippen molar-refractivity contribution in [3.05, 3.63) is 0 Å². The Balaban J connectivity index is 5.05. The molecule has 0 aromatic heterocycles. The lowest BCUT2D eigenvalue weighted by molar-refractivity contribution is -0.261. The molecule has 0 aromatic carbocycles. The second-order valence-electron chi connectivity index (χ2n) is 7.80. The minimum Gasteiger partial charge on any atom is -0.381 e. The van der Waals surface area contributed by atoms with Gasteiger partial charge in [0.25, 0.3) is 0 Å². The van der Waals surface area contributed by atoms with Gasteiger partial charge in [-0.05, 0) is 36.5 Å². The molecule has 2 unspecified atom stereocenters. The summed E-state index contributed by atoms with van der Waals surface area (Å²) in [6.07, 6.45) is -4.17. The molecular formula is C14H27F3O. The normalized spacial score (nSPS) is 19.5. The maximum Gasteiger partial charge on any atom is 0.416 e. The average Bonchev–Trinajstić information content (AvgIpc) is 1.95. The molecule has 1 nitrogen and oxygen atoms in total. The molecular weight excluding hydrogens is 241 g/mol. The van der Waals surface area contributed by atoms with Gasteiger partial charge in [-0.1, -0.05) is 41.5 Å². The van der Waals surface area contributed by atoms with Crippen LogP contribution >= 0.6 is 0 Å². The number of rotatable bonds is 3. The molecule has 0 bridgehead atoms. The molecule has 0 fully saturated rings. The molecule has 0 saturated carbocycles. The van der Waals surface area contributed by atoms with Gasteiger partial charge in [0.2, 0.25) is 0 Å². The van der Waals surface area contributed by atoms with E-state index in [1.165, 1.54) is 0 Å². The summed E-state index contributed by atoms with van der Waals surface area (Å²) in [4.78, 5) is 0. The van der Waals surface area contributed by atoms with E-state index in [1.54, 1.807) is 0 Å². The van der Waals surface area contributed by atoms with Crippen molar-refractivity contribution in [1.82, 2.24) is 0 Å². The molecule has 0 rings (SSSR count). The number of hydrogen-bond donors (Lipinski definition) is 1. The Morgan fingerprint density at radius 2 is 1.22 bits per heavy atom. The number of halogens is 3. The summed E-state index contributed by atoms with van der Waals surface area (Å²) in [6, 6.07) is 0. The molecule has 4 heteroatoms. The number of aliphatic hydroxyl groups is 1. The summed E-state index contributed by atoms with van der Waals surface area (Å²) < 4.78 is 38.3. The van der Waals surface area contributed by atoms with Crippen LogP contribution in [0.5, 0.6) is 0 Å². The first-order valence-electron chi connectivity index (χ1n) is 6.35. The van der Waals surface area contributed by atoms with Crippen molar-refractivity contribution in [3.8, 4) is 0 Å². The molecule has 110 valence electrons. The fourth-order valence-electron chi connectivity index (χ4n) is 2.02. The molecule has 0 aliphatic carbocycles. The minimum atomic E-state index is -4.58. The molecule has 0 amide bonds. The van der Waals surface area contributed by atoms with E-state index in [-0.39, 0.29) is 23.2 Å². The zero-order valence-electron chi connectivity index (χ0n) is 12.6. The summed E-state index contributed by atoms with van der Waals surface area (Å²) in [5.41, 5.74) is -2.93. The predicted octanol–water partition coefficient (Wildman–Crippen LogP) is 4.79. The third kappa shape index (κ3) is 5.59. The van der Waals surface area contributed by atoms with Crippen LogP contribution in [-0.4, -0.2) is 16.9 Å². The monoisotopic (exact) mass is 268 g/mol. The van der Waals surface area contributed by atoms with E-state index in [0.29, 0.717) is 6.42 Å². The highest BCUT2D eigenvalue weighted by Gasteiger charge is 2.52. The Hall–Kier alpha value is -0.250. The van der Waals surface area contributed by atoms with Crippen molar-refractivity contribution < 1.29 is 18.3 Å². The van der Waals surface area contributed by atoms with E-state index in [9.17, 15) is 18.3 Å². The molecule has 0 saturated heterocycles. The first kappa shape index (κ1) is 17.8. The molecule has 18 heavy (non-hydrogen) atoms.